The summed E-state index contributed by atoms with van der Waals surface area (Å²) in [4.78, 5) is 6.30. The predicted octanol–water partition coefficient (Wildman–Crippen LogP) is 2.91. The Balaban J connectivity index is 1.83. The summed E-state index contributed by atoms with van der Waals surface area (Å²) in [5, 5.41) is 0. The van der Waals surface area contributed by atoms with Gasteiger partial charge in [0, 0.05) is 32.3 Å². The number of imidazole rings is 1. The van der Waals surface area contributed by atoms with Gasteiger partial charge in [0.2, 0.25) is 0 Å². The predicted molar refractivity (Wildman–Crippen MR) is 85.9 cm³/mol. The number of aryl methyl sites for hydroxylation is 1. The molecule has 0 amide bonds. The van der Waals surface area contributed by atoms with Crippen LogP contribution in [0, 0.1) is 0 Å². The molecule has 0 N–H and O–H groups in total. The molecule has 1 unspecified atom stereocenters. The molecular formula is C16H22ClN3O. The van der Waals surface area contributed by atoms with E-state index in [1.165, 1.54) is 5.56 Å². The van der Waals surface area contributed by atoms with E-state index < -0.39 is 0 Å². The number of rotatable bonds is 7. The fourth-order valence-corrected chi connectivity index (χ4v) is 2.07. The minimum atomic E-state index is 0.00712. The molecule has 2 rings (SSSR count). The summed E-state index contributed by atoms with van der Waals surface area (Å²) in [6.45, 7) is 0.616. The average Bonchev–Trinajstić information content (AvgIpc) is 2.86. The molecule has 0 saturated heterocycles. The summed E-state index contributed by atoms with van der Waals surface area (Å²) in [5.74, 6) is 1.93. The minimum absolute atomic E-state index is 0.00712. The Morgan fingerprint density at radius 3 is 2.57 bits per heavy atom. The number of ether oxygens (including phenoxy) is 1. The van der Waals surface area contributed by atoms with Crippen molar-refractivity contribution in [1.29, 1.82) is 0 Å². The first kappa shape index (κ1) is 15.9. The van der Waals surface area contributed by atoms with Crippen LogP contribution in [0.3, 0.4) is 0 Å². The summed E-state index contributed by atoms with van der Waals surface area (Å²) >= 11 is 6.14. The lowest BCUT2D eigenvalue weighted by Gasteiger charge is -2.17. The second-order valence-corrected chi connectivity index (χ2v) is 5.81. The van der Waals surface area contributed by atoms with Crippen molar-refractivity contribution in [3.8, 4) is 5.75 Å². The fraction of sp³-hybridized carbons (Fsp3) is 0.438. The van der Waals surface area contributed by atoms with Crippen LogP contribution in [0.2, 0.25) is 0 Å². The third-order valence-corrected chi connectivity index (χ3v) is 4.00. The molecule has 0 aliphatic rings. The maximum Gasteiger partial charge on any atom is 0.119 e. The van der Waals surface area contributed by atoms with E-state index in [0.29, 0.717) is 6.61 Å². The zero-order valence-corrected chi connectivity index (χ0v) is 13.5. The van der Waals surface area contributed by atoms with Crippen LogP contribution in [0.15, 0.2) is 36.7 Å². The molecule has 0 spiro atoms. The highest BCUT2D eigenvalue weighted by molar-refractivity contribution is 6.20. The van der Waals surface area contributed by atoms with Crippen molar-refractivity contribution in [2.75, 3.05) is 20.7 Å². The lowest BCUT2D eigenvalue weighted by Crippen LogP contribution is -2.24. The zero-order chi connectivity index (χ0) is 15.2. The first-order chi connectivity index (χ1) is 10.1. The molecule has 0 aliphatic heterocycles. The van der Waals surface area contributed by atoms with Gasteiger partial charge < -0.3 is 9.30 Å². The van der Waals surface area contributed by atoms with E-state index in [-0.39, 0.29) is 5.50 Å². The van der Waals surface area contributed by atoms with E-state index in [2.05, 4.69) is 17.1 Å². The summed E-state index contributed by atoms with van der Waals surface area (Å²) < 4.78 is 7.74. The second kappa shape index (κ2) is 7.48. The quantitative estimate of drug-likeness (QED) is 0.582. The van der Waals surface area contributed by atoms with E-state index in [0.717, 1.165) is 24.4 Å². The van der Waals surface area contributed by atoms with Gasteiger partial charge in [0.25, 0.3) is 0 Å². The van der Waals surface area contributed by atoms with Crippen molar-refractivity contribution >= 4 is 11.6 Å². The molecule has 2 aromatic rings. The SMILES string of the molecule is CN(C)C(Cl)CCOc1ccc(Cc2nccn2C)cc1. The number of hydrogen-bond donors (Lipinski definition) is 0. The van der Waals surface area contributed by atoms with Gasteiger partial charge in [-0.05, 0) is 31.8 Å². The number of benzene rings is 1. The van der Waals surface area contributed by atoms with Crippen LogP contribution in [0.25, 0.3) is 0 Å². The average molecular weight is 308 g/mol. The Hall–Kier alpha value is -1.52. The van der Waals surface area contributed by atoms with Crippen LogP contribution in [-0.4, -0.2) is 40.7 Å². The maximum absolute atomic E-state index is 6.14. The number of alkyl halides is 1. The van der Waals surface area contributed by atoms with Crippen LogP contribution in [0.1, 0.15) is 17.8 Å². The summed E-state index contributed by atoms with van der Waals surface area (Å²) in [6, 6.07) is 8.15. The summed E-state index contributed by atoms with van der Waals surface area (Å²) in [6.07, 6.45) is 5.40. The molecule has 0 saturated carbocycles. The van der Waals surface area contributed by atoms with E-state index in [1.54, 1.807) is 0 Å². The van der Waals surface area contributed by atoms with Crippen molar-refractivity contribution in [3.63, 3.8) is 0 Å². The second-order valence-electron chi connectivity index (χ2n) is 5.31. The molecule has 21 heavy (non-hydrogen) atoms. The van der Waals surface area contributed by atoms with Crippen LogP contribution in [-0.2, 0) is 13.5 Å². The van der Waals surface area contributed by atoms with Gasteiger partial charge in [0.05, 0.1) is 12.1 Å². The van der Waals surface area contributed by atoms with Gasteiger partial charge in [-0.2, -0.15) is 0 Å². The third kappa shape index (κ3) is 4.76. The van der Waals surface area contributed by atoms with Crippen LogP contribution in [0.4, 0.5) is 0 Å². The van der Waals surface area contributed by atoms with E-state index in [9.17, 15) is 0 Å². The van der Waals surface area contributed by atoms with Gasteiger partial charge in [-0.1, -0.05) is 12.1 Å². The Labute approximate surface area is 131 Å². The molecular weight excluding hydrogens is 286 g/mol. The molecule has 1 heterocycles. The monoisotopic (exact) mass is 307 g/mol. The van der Waals surface area contributed by atoms with Gasteiger partial charge in [-0.25, -0.2) is 4.98 Å². The number of nitrogens with zero attached hydrogens (tertiary/aromatic N) is 3. The lowest BCUT2D eigenvalue weighted by atomic mass is 10.1. The molecule has 0 fully saturated rings. The first-order valence-electron chi connectivity index (χ1n) is 7.04. The van der Waals surface area contributed by atoms with Crippen molar-refractivity contribution in [3.05, 3.63) is 48.0 Å². The molecule has 0 aliphatic carbocycles. The Morgan fingerprint density at radius 1 is 1.29 bits per heavy atom. The van der Waals surface area contributed by atoms with Crippen LogP contribution >= 0.6 is 11.6 Å². The van der Waals surface area contributed by atoms with E-state index >= 15 is 0 Å². The molecule has 0 radical (unpaired) electrons. The highest BCUT2D eigenvalue weighted by Crippen LogP contribution is 2.15. The minimum Gasteiger partial charge on any atom is -0.493 e. The van der Waals surface area contributed by atoms with Gasteiger partial charge in [-0.3, -0.25) is 4.90 Å². The molecule has 0 bridgehead atoms. The Kier molecular flexibility index (Phi) is 5.65. The van der Waals surface area contributed by atoms with Crippen molar-refractivity contribution < 1.29 is 4.74 Å². The molecule has 4 nitrogen and oxygen atoms in total. The number of aromatic nitrogens is 2. The highest BCUT2D eigenvalue weighted by Gasteiger charge is 2.07. The van der Waals surface area contributed by atoms with Crippen LogP contribution < -0.4 is 4.74 Å². The third-order valence-electron chi connectivity index (χ3n) is 3.39. The van der Waals surface area contributed by atoms with Gasteiger partial charge >= 0.3 is 0 Å². The van der Waals surface area contributed by atoms with E-state index in [4.69, 9.17) is 16.3 Å². The van der Waals surface area contributed by atoms with Crippen LogP contribution in [0.5, 0.6) is 5.75 Å². The van der Waals surface area contributed by atoms with Gasteiger partial charge in [0.15, 0.2) is 0 Å². The number of halogens is 1. The Morgan fingerprint density at radius 2 is 2.00 bits per heavy atom. The normalized spacial score (nSPS) is 12.6. The molecule has 5 heteroatoms. The lowest BCUT2D eigenvalue weighted by molar-refractivity contribution is 0.265. The fourth-order valence-electron chi connectivity index (χ4n) is 1.99. The first-order valence-corrected chi connectivity index (χ1v) is 7.48. The summed E-state index contributed by atoms with van der Waals surface area (Å²) in [7, 11) is 5.93. The maximum atomic E-state index is 6.14. The van der Waals surface area contributed by atoms with Crippen molar-refractivity contribution in [2.45, 2.75) is 18.3 Å². The van der Waals surface area contributed by atoms with Gasteiger partial charge in [-0.15, -0.1) is 11.6 Å². The van der Waals surface area contributed by atoms with Crippen molar-refractivity contribution in [1.82, 2.24) is 14.5 Å². The molecule has 114 valence electrons. The molecule has 1 aromatic heterocycles. The molecule has 1 atom stereocenters. The topological polar surface area (TPSA) is 30.3 Å². The van der Waals surface area contributed by atoms with E-state index in [1.807, 2.05) is 55.1 Å². The smallest absolute Gasteiger partial charge is 0.119 e. The largest absolute Gasteiger partial charge is 0.493 e. The number of hydrogen-bond acceptors (Lipinski definition) is 3. The van der Waals surface area contributed by atoms with Crippen molar-refractivity contribution in [2.24, 2.45) is 7.05 Å². The zero-order valence-electron chi connectivity index (χ0n) is 12.8. The summed E-state index contributed by atoms with van der Waals surface area (Å²) in [5.41, 5.74) is 1.23. The molecule has 1 aromatic carbocycles. The van der Waals surface area contributed by atoms with Gasteiger partial charge in [0.1, 0.15) is 11.6 Å². The standard InChI is InChI=1S/C16H22ClN3O/c1-19(2)15(17)8-11-21-14-6-4-13(5-7-14)12-16-18-9-10-20(16)3/h4-7,9-10,15H,8,11-12H2,1-3H3. The Bertz CT molecular complexity index is 551. The highest BCUT2D eigenvalue weighted by atomic mass is 35.5.